The lowest BCUT2D eigenvalue weighted by atomic mass is 10.1. The first-order valence-electron chi connectivity index (χ1n) is 3.17. The van der Waals surface area contributed by atoms with Crippen LogP contribution >= 0.6 is 0 Å². The molecule has 1 saturated heterocycles. The third-order valence-corrected chi connectivity index (χ3v) is 1.61. The number of epoxide rings is 1. The molecule has 0 aromatic carbocycles. The van der Waals surface area contributed by atoms with Crippen molar-refractivity contribution in [3.63, 3.8) is 0 Å². The molecule has 2 heterocycles. The largest absolute Gasteiger partial charge is 0.389 e. The van der Waals surface area contributed by atoms with Crippen LogP contribution in [0.25, 0.3) is 0 Å². The fourth-order valence-corrected chi connectivity index (χ4v) is 0.993. The normalized spacial score (nSPS) is 39.9. The summed E-state index contributed by atoms with van der Waals surface area (Å²) in [5.41, 5.74) is 1.08. The molecule has 50 valence electrons. The van der Waals surface area contributed by atoms with Gasteiger partial charge in [-0.15, -0.1) is 0 Å². The molecule has 0 aliphatic carbocycles. The van der Waals surface area contributed by atoms with Gasteiger partial charge in [0.1, 0.15) is 6.10 Å². The van der Waals surface area contributed by atoms with Crippen molar-refractivity contribution < 1.29 is 9.57 Å². The highest BCUT2D eigenvalue weighted by Crippen LogP contribution is 2.23. The van der Waals surface area contributed by atoms with Crippen molar-refractivity contribution in [3.8, 4) is 0 Å². The first-order chi connectivity index (χ1) is 4.36. The molecule has 2 aliphatic rings. The van der Waals surface area contributed by atoms with E-state index in [-0.39, 0.29) is 6.10 Å². The lowest BCUT2D eigenvalue weighted by molar-refractivity contribution is 0.0627. The van der Waals surface area contributed by atoms with Gasteiger partial charge >= 0.3 is 0 Å². The lowest BCUT2D eigenvalue weighted by Crippen LogP contribution is -2.14. The molecule has 0 N–H and O–H groups in total. The summed E-state index contributed by atoms with van der Waals surface area (Å²) in [6.07, 6.45) is 1.51. The highest BCUT2D eigenvalue weighted by atomic mass is 16.7. The van der Waals surface area contributed by atoms with Crippen molar-refractivity contribution in [2.75, 3.05) is 6.61 Å². The van der Waals surface area contributed by atoms with Gasteiger partial charge in [0.25, 0.3) is 0 Å². The van der Waals surface area contributed by atoms with E-state index in [1.807, 2.05) is 6.92 Å². The summed E-state index contributed by atoms with van der Waals surface area (Å²) in [5.74, 6) is 0. The van der Waals surface area contributed by atoms with Gasteiger partial charge in [-0.05, 0) is 6.92 Å². The van der Waals surface area contributed by atoms with Gasteiger partial charge in [-0.25, -0.2) is 0 Å². The maximum absolute atomic E-state index is 5.05. The number of nitrogens with zero attached hydrogens (tertiary/aromatic N) is 1. The molecule has 0 aromatic rings. The van der Waals surface area contributed by atoms with Crippen LogP contribution in [0.15, 0.2) is 5.16 Å². The zero-order chi connectivity index (χ0) is 6.27. The Labute approximate surface area is 53.6 Å². The number of oxime groups is 1. The maximum atomic E-state index is 5.05. The minimum Gasteiger partial charge on any atom is -0.389 e. The lowest BCUT2D eigenvalue weighted by Gasteiger charge is -2.00. The minimum absolute atomic E-state index is 0.227. The van der Waals surface area contributed by atoms with E-state index >= 15 is 0 Å². The van der Waals surface area contributed by atoms with Gasteiger partial charge < -0.3 is 9.57 Å². The van der Waals surface area contributed by atoms with E-state index in [2.05, 4.69) is 5.16 Å². The first-order valence-corrected chi connectivity index (χ1v) is 3.17. The van der Waals surface area contributed by atoms with E-state index < -0.39 is 0 Å². The van der Waals surface area contributed by atoms with E-state index in [9.17, 15) is 0 Å². The zero-order valence-electron chi connectivity index (χ0n) is 5.33. The van der Waals surface area contributed by atoms with Gasteiger partial charge in [0.15, 0.2) is 6.10 Å². The molecular weight excluding hydrogens is 118 g/mol. The number of hydrogen-bond donors (Lipinski definition) is 0. The molecule has 0 saturated carbocycles. The topological polar surface area (TPSA) is 34.1 Å². The quantitative estimate of drug-likeness (QED) is 0.482. The van der Waals surface area contributed by atoms with Crippen molar-refractivity contribution >= 4 is 5.71 Å². The molecule has 0 unspecified atom stereocenters. The summed E-state index contributed by atoms with van der Waals surface area (Å²) in [5, 5.41) is 3.82. The minimum atomic E-state index is 0.227. The van der Waals surface area contributed by atoms with E-state index in [1.165, 1.54) is 0 Å². The molecule has 0 aromatic heterocycles. The highest BCUT2D eigenvalue weighted by Gasteiger charge is 2.37. The summed E-state index contributed by atoms with van der Waals surface area (Å²) in [6.45, 7) is 2.83. The van der Waals surface area contributed by atoms with Gasteiger partial charge in [0, 0.05) is 6.42 Å². The van der Waals surface area contributed by atoms with Crippen molar-refractivity contribution in [3.05, 3.63) is 0 Å². The van der Waals surface area contributed by atoms with Crippen LogP contribution in [0, 0.1) is 0 Å². The standard InChI is InChI=1S/C6H9NO2/c1-4-2-5(9-7-4)6-3-8-6/h5-6H,2-3H2,1H3/t5-,6-/m0/s1. The van der Waals surface area contributed by atoms with E-state index in [1.54, 1.807) is 0 Å². The van der Waals surface area contributed by atoms with Crippen molar-refractivity contribution in [2.24, 2.45) is 5.16 Å². The first kappa shape index (κ1) is 5.23. The van der Waals surface area contributed by atoms with Crippen LogP contribution < -0.4 is 0 Å². The van der Waals surface area contributed by atoms with Crippen molar-refractivity contribution in [1.82, 2.24) is 0 Å². The van der Waals surface area contributed by atoms with E-state index in [0.717, 1.165) is 18.7 Å². The van der Waals surface area contributed by atoms with E-state index in [4.69, 9.17) is 9.57 Å². The summed E-state index contributed by atoms with van der Waals surface area (Å²) >= 11 is 0. The van der Waals surface area contributed by atoms with Crippen LogP contribution in [0.2, 0.25) is 0 Å². The molecule has 9 heavy (non-hydrogen) atoms. The summed E-state index contributed by atoms with van der Waals surface area (Å²) in [7, 11) is 0. The van der Waals surface area contributed by atoms with Crippen molar-refractivity contribution in [1.29, 1.82) is 0 Å². The second kappa shape index (κ2) is 1.70. The molecule has 0 bridgehead atoms. The average Bonchev–Trinajstić information content (AvgIpc) is 2.58. The van der Waals surface area contributed by atoms with Gasteiger partial charge in [-0.3, -0.25) is 0 Å². The summed E-state index contributed by atoms with van der Waals surface area (Å²) in [6, 6.07) is 0. The van der Waals surface area contributed by atoms with Crippen LogP contribution in [0.5, 0.6) is 0 Å². The molecule has 2 rings (SSSR count). The Hall–Kier alpha value is -0.570. The van der Waals surface area contributed by atoms with Crippen LogP contribution in [0.4, 0.5) is 0 Å². The van der Waals surface area contributed by atoms with Gasteiger partial charge in [0.05, 0.1) is 12.3 Å². The second-order valence-corrected chi connectivity index (χ2v) is 2.55. The zero-order valence-corrected chi connectivity index (χ0v) is 5.33. The molecule has 0 radical (unpaired) electrons. The predicted octanol–water partition coefficient (Wildman–Crippen LogP) is 0.550. The molecule has 0 amide bonds. The average molecular weight is 127 g/mol. The summed E-state index contributed by atoms with van der Waals surface area (Å²) < 4.78 is 5.04. The van der Waals surface area contributed by atoms with E-state index in [0.29, 0.717) is 6.10 Å². The van der Waals surface area contributed by atoms with Gasteiger partial charge in [-0.2, -0.15) is 0 Å². The Balaban J connectivity index is 1.91. The SMILES string of the molecule is CC1=NO[C@H]([C@@H]2CO2)C1. The molecule has 3 heteroatoms. The number of ether oxygens (including phenoxy) is 1. The number of rotatable bonds is 1. The van der Waals surface area contributed by atoms with Crippen molar-refractivity contribution in [2.45, 2.75) is 25.6 Å². The van der Waals surface area contributed by atoms with Crippen LogP contribution in [-0.2, 0) is 9.57 Å². The van der Waals surface area contributed by atoms with Crippen LogP contribution in [0.3, 0.4) is 0 Å². The third kappa shape index (κ3) is 0.920. The van der Waals surface area contributed by atoms with Crippen LogP contribution in [-0.4, -0.2) is 24.5 Å². The molecule has 0 spiro atoms. The monoisotopic (exact) mass is 127 g/mol. The summed E-state index contributed by atoms with van der Waals surface area (Å²) in [4.78, 5) is 5.05. The third-order valence-electron chi connectivity index (χ3n) is 1.61. The molecule has 2 atom stereocenters. The highest BCUT2D eigenvalue weighted by molar-refractivity contribution is 5.82. The van der Waals surface area contributed by atoms with Gasteiger partial charge in [0.2, 0.25) is 0 Å². The molecule has 1 fully saturated rings. The molecular formula is C6H9NO2. The predicted molar refractivity (Wildman–Crippen MR) is 32.3 cm³/mol. The Morgan fingerprint density at radius 1 is 1.56 bits per heavy atom. The Kier molecular flexibility index (Phi) is 0.990. The van der Waals surface area contributed by atoms with Gasteiger partial charge in [-0.1, -0.05) is 5.16 Å². The second-order valence-electron chi connectivity index (χ2n) is 2.55. The fourth-order valence-electron chi connectivity index (χ4n) is 0.993. The Bertz CT molecular complexity index is 151. The fraction of sp³-hybridized carbons (Fsp3) is 0.833. The molecule has 2 aliphatic heterocycles. The molecule has 3 nitrogen and oxygen atoms in total. The van der Waals surface area contributed by atoms with Crippen LogP contribution in [0.1, 0.15) is 13.3 Å². The Morgan fingerprint density at radius 3 is 2.78 bits per heavy atom. The smallest absolute Gasteiger partial charge is 0.161 e. The Morgan fingerprint density at radius 2 is 2.33 bits per heavy atom. The maximum Gasteiger partial charge on any atom is 0.161 e. The number of hydrogen-bond acceptors (Lipinski definition) is 3.